The number of nitrogens with zero attached hydrogens (tertiary/aromatic N) is 2. The second-order valence-electron chi connectivity index (χ2n) is 5.70. The molecule has 0 radical (unpaired) electrons. The molecule has 0 aliphatic carbocycles. The number of aryl methyl sites for hydroxylation is 2. The van der Waals surface area contributed by atoms with Crippen LogP contribution in [0.3, 0.4) is 0 Å². The van der Waals surface area contributed by atoms with Crippen LogP contribution in [0.1, 0.15) is 23.9 Å². The van der Waals surface area contributed by atoms with Crippen LogP contribution in [0.5, 0.6) is 0 Å². The maximum absolute atomic E-state index is 12.7. The molecule has 1 heterocycles. The standard InChI is InChI=1S/C16H17ClF3N3O/c1-9-4-5-12(17)7-13(9)21-15(24)10(2)8-23-11(3)6-14(22-23)16(18,19)20/h4-7,10H,8H2,1-3H3,(H,21,24)/t10-/m1/s1. The summed E-state index contributed by atoms with van der Waals surface area (Å²) in [5.41, 5.74) is 0.807. The molecule has 0 aliphatic heterocycles. The zero-order chi connectivity index (χ0) is 18.1. The van der Waals surface area contributed by atoms with Crippen molar-refractivity contribution in [1.82, 2.24) is 9.78 Å². The van der Waals surface area contributed by atoms with E-state index in [0.717, 1.165) is 11.6 Å². The molecular formula is C16H17ClF3N3O. The number of halogens is 4. The number of hydrogen-bond acceptors (Lipinski definition) is 2. The molecule has 0 bridgehead atoms. The molecule has 0 spiro atoms. The second-order valence-corrected chi connectivity index (χ2v) is 6.14. The van der Waals surface area contributed by atoms with Crippen LogP contribution in [-0.4, -0.2) is 15.7 Å². The third kappa shape index (κ3) is 4.29. The van der Waals surface area contributed by atoms with E-state index in [-0.39, 0.29) is 12.5 Å². The van der Waals surface area contributed by atoms with Gasteiger partial charge in [-0.05, 0) is 37.6 Å². The molecule has 1 atom stereocenters. The molecule has 1 aromatic carbocycles. The van der Waals surface area contributed by atoms with Crippen molar-refractivity contribution < 1.29 is 18.0 Å². The molecule has 1 aromatic heterocycles. The van der Waals surface area contributed by atoms with Crippen molar-refractivity contribution in [3.8, 4) is 0 Å². The van der Waals surface area contributed by atoms with Crippen LogP contribution < -0.4 is 5.32 Å². The Bertz CT molecular complexity index is 756. The Kier molecular flexibility index (Phi) is 5.22. The minimum atomic E-state index is -4.50. The van der Waals surface area contributed by atoms with E-state index in [9.17, 15) is 18.0 Å². The van der Waals surface area contributed by atoms with E-state index >= 15 is 0 Å². The largest absolute Gasteiger partial charge is 0.435 e. The molecule has 130 valence electrons. The van der Waals surface area contributed by atoms with Gasteiger partial charge in [-0.25, -0.2) is 0 Å². The smallest absolute Gasteiger partial charge is 0.326 e. The SMILES string of the molecule is Cc1ccc(Cl)cc1NC(=O)[C@H](C)Cn1nc(C(F)(F)F)cc1C. The number of rotatable bonds is 4. The minimum absolute atomic E-state index is 0.0490. The number of hydrogen-bond donors (Lipinski definition) is 1. The van der Waals surface area contributed by atoms with E-state index in [1.165, 1.54) is 11.6 Å². The van der Waals surface area contributed by atoms with Crippen LogP contribution in [0.2, 0.25) is 5.02 Å². The quantitative estimate of drug-likeness (QED) is 0.876. The maximum atomic E-state index is 12.7. The van der Waals surface area contributed by atoms with Crippen LogP contribution in [-0.2, 0) is 17.5 Å². The molecule has 1 N–H and O–H groups in total. The summed E-state index contributed by atoms with van der Waals surface area (Å²) in [5.74, 6) is -0.883. The first kappa shape index (κ1) is 18.3. The van der Waals surface area contributed by atoms with Gasteiger partial charge in [-0.2, -0.15) is 18.3 Å². The number of alkyl halides is 3. The van der Waals surface area contributed by atoms with Crippen LogP contribution in [0.25, 0.3) is 0 Å². The van der Waals surface area contributed by atoms with Gasteiger partial charge in [0.1, 0.15) is 0 Å². The summed E-state index contributed by atoms with van der Waals surface area (Å²) in [5, 5.41) is 6.76. The van der Waals surface area contributed by atoms with E-state index in [1.807, 2.05) is 6.92 Å². The molecule has 0 fully saturated rings. The molecule has 0 saturated heterocycles. The third-order valence-electron chi connectivity index (χ3n) is 3.62. The summed E-state index contributed by atoms with van der Waals surface area (Å²) in [6.07, 6.45) is -4.50. The average molecular weight is 360 g/mol. The summed E-state index contributed by atoms with van der Waals surface area (Å²) >= 11 is 5.90. The Morgan fingerprint density at radius 3 is 2.58 bits per heavy atom. The number of benzene rings is 1. The molecule has 4 nitrogen and oxygen atoms in total. The Hall–Kier alpha value is -2.02. The maximum Gasteiger partial charge on any atom is 0.435 e. The lowest BCUT2D eigenvalue weighted by Gasteiger charge is -2.15. The fourth-order valence-corrected chi connectivity index (χ4v) is 2.33. The number of amides is 1. The number of aromatic nitrogens is 2. The Morgan fingerprint density at radius 1 is 1.33 bits per heavy atom. The third-order valence-corrected chi connectivity index (χ3v) is 3.86. The van der Waals surface area contributed by atoms with Crippen molar-refractivity contribution >= 4 is 23.2 Å². The van der Waals surface area contributed by atoms with Gasteiger partial charge in [0.25, 0.3) is 0 Å². The van der Waals surface area contributed by atoms with Gasteiger partial charge in [-0.1, -0.05) is 24.6 Å². The molecule has 0 saturated carbocycles. The molecule has 1 amide bonds. The predicted octanol–water partition coefficient (Wildman–Crippen LogP) is 4.45. The van der Waals surface area contributed by atoms with Crippen LogP contribution in [0.4, 0.5) is 18.9 Å². The predicted molar refractivity (Wildman–Crippen MR) is 85.9 cm³/mol. The van der Waals surface area contributed by atoms with Gasteiger partial charge in [0.05, 0.1) is 12.5 Å². The molecule has 2 rings (SSSR count). The normalized spacial score (nSPS) is 13.0. The van der Waals surface area contributed by atoms with Gasteiger partial charge >= 0.3 is 6.18 Å². The topological polar surface area (TPSA) is 46.9 Å². The number of carbonyl (C=O) groups excluding carboxylic acids is 1. The van der Waals surface area contributed by atoms with Crippen molar-refractivity contribution in [1.29, 1.82) is 0 Å². The Balaban J connectivity index is 2.09. The van der Waals surface area contributed by atoms with Crippen molar-refractivity contribution in [3.05, 3.63) is 46.2 Å². The number of carbonyl (C=O) groups is 1. The summed E-state index contributed by atoms with van der Waals surface area (Å²) < 4.78 is 39.2. The first-order chi connectivity index (χ1) is 11.1. The number of anilines is 1. The lowest BCUT2D eigenvalue weighted by molar-refractivity contribution is -0.141. The van der Waals surface area contributed by atoms with Crippen LogP contribution in [0, 0.1) is 19.8 Å². The van der Waals surface area contributed by atoms with Gasteiger partial charge in [-0.3, -0.25) is 9.48 Å². The Morgan fingerprint density at radius 2 is 2.00 bits per heavy atom. The summed E-state index contributed by atoms with van der Waals surface area (Å²) in [7, 11) is 0. The van der Waals surface area contributed by atoms with E-state index in [2.05, 4.69) is 10.4 Å². The molecule has 8 heteroatoms. The first-order valence-electron chi connectivity index (χ1n) is 7.26. The first-order valence-corrected chi connectivity index (χ1v) is 7.64. The van der Waals surface area contributed by atoms with Crippen molar-refractivity contribution in [2.75, 3.05) is 5.32 Å². The van der Waals surface area contributed by atoms with Crippen molar-refractivity contribution in [3.63, 3.8) is 0 Å². The molecular weight excluding hydrogens is 343 g/mol. The second kappa shape index (κ2) is 6.84. The Labute approximate surface area is 142 Å². The highest BCUT2D eigenvalue weighted by molar-refractivity contribution is 6.31. The van der Waals surface area contributed by atoms with Gasteiger partial charge in [0.2, 0.25) is 5.91 Å². The van der Waals surface area contributed by atoms with E-state index in [4.69, 9.17) is 11.6 Å². The number of nitrogens with one attached hydrogen (secondary N) is 1. The van der Waals surface area contributed by atoms with Crippen molar-refractivity contribution in [2.24, 2.45) is 5.92 Å². The van der Waals surface area contributed by atoms with Crippen LogP contribution >= 0.6 is 11.6 Å². The summed E-state index contributed by atoms with van der Waals surface area (Å²) in [6.45, 7) is 5.02. The lowest BCUT2D eigenvalue weighted by Crippen LogP contribution is -2.25. The molecule has 24 heavy (non-hydrogen) atoms. The average Bonchev–Trinajstić information content (AvgIpc) is 2.84. The monoisotopic (exact) mass is 359 g/mol. The summed E-state index contributed by atoms with van der Waals surface area (Å²) in [6, 6.07) is 6.08. The summed E-state index contributed by atoms with van der Waals surface area (Å²) in [4.78, 5) is 12.3. The van der Waals surface area contributed by atoms with E-state index in [1.54, 1.807) is 25.1 Å². The highest BCUT2D eigenvalue weighted by Gasteiger charge is 2.34. The minimum Gasteiger partial charge on any atom is -0.326 e. The zero-order valence-electron chi connectivity index (χ0n) is 13.4. The molecule has 0 unspecified atom stereocenters. The van der Waals surface area contributed by atoms with Crippen LogP contribution in [0.15, 0.2) is 24.3 Å². The fourth-order valence-electron chi connectivity index (χ4n) is 2.16. The van der Waals surface area contributed by atoms with E-state index < -0.39 is 17.8 Å². The molecule has 0 aliphatic rings. The molecule has 2 aromatic rings. The van der Waals surface area contributed by atoms with Gasteiger partial charge < -0.3 is 5.32 Å². The van der Waals surface area contributed by atoms with E-state index in [0.29, 0.717) is 16.4 Å². The van der Waals surface area contributed by atoms with Gasteiger partial charge in [-0.15, -0.1) is 0 Å². The van der Waals surface area contributed by atoms with Gasteiger partial charge in [0.15, 0.2) is 5.69 Å². The van der Waals surface area contributed by atoms with Gasteiger partial charge in [0, 0.05) is 16.4 Å². The highest BCUT2D eigenvalue weighted by atomic mass is 35.5. The highest BCUT2D eigenvalue weighted by Crippen LogP contribution is 2.28. The fraction of sp³-hybridized carbons (Fsp3) is 0.375. The lowest BCUT2D eigenvalue weighted by atomic mass is 10.1. The van der Waals surface area contributed by atoms with Crippen molar-refractivity contribution in [2.45, 2.75) is 33.5 Å². The zero-order valence-corrected chi connectivity index (χ0v) is 14.2.